The highest BCUT2D eigenvalue weighted by Gasteiger charge is 2.51. The lowest BCUT2D eigenvalue weighted by atomic mass is 9.86. The van der Waals surface area contributed by atoms with Gasteiger partial charge in [0.15, 0.2) is 5.82 Å². The average molecular weight is 655 g/mol. The molecule has 4 fully saturated rings. The summed E-state index contributed by atoms with van der Waals surface area (Å²) in [4.78, 5) is 19.0. The van der Waals surface area contributed by atoms with Gasteiger partial charge >= 0.3 is 6.01 Å². The van der Waals surface area contributed by atoms with Gasteiger partial charge in [0.1, 0.15) is 23.6 Å². The van der Waals surface area contributed by atoms with Crippen molar-refractivity contribution in [1.29, 1.82) is 0 Å². The third-order valence-corrected chi connectivity index (χ3v) is 11.4. The zero-order valence-electron chi connectivity index (χ0n) is 27.5. The Labute approximate surface area is 279 Å². The first-order valence-corrected chi connectivity index (χ1v) is 17.4. The molecule has 2 aromatic carbocycles. The van der Waals surface area contributed by atoms with Gasteiger partial charge in [0, 0.05) is 66.5 Å². The SMILES string of the molecule is C#Cc1cccc2cc(C(F)F)cc(-c3ncc4c(N5C[C@H]6CC[C@@H](C5)N6)nc(OCC56CC(CC)CN5CC(CC)C6)nc4c3F)c12. The maximum atomic E-state index is 17.0. The van der Waals surface area contributed by atoms with E-state index in [1.54, 1.807) is 24.4 Å². The first-order chi connectivity index (χ1) is 23.3. The molecule has 4 atom stereocenters. The number of terminal acetylenes is 1. The van der Waals surface area contributed by atoms with Crippen LogP contribution in [0.15, 0.2) is 36.5 Å². The van der Waals surface area contributed by atoms with Gasteiger partial charge < -0.3 is 15.0 Å². The molecule has 2 unspecified atom stereocenters. The van der Waals surface area contributed by atoms with Crippen molar-refractivity contribution in [2.75, 3.05) is 37.7 Å². The molecular formula is C38H41F3N6O. The number of pyridine rings is 1. The minimum atomic E-state index is -2.76. The van der Waals surface area contributed by atoms with E-state index in [-0.39, 0.29) is 33.9 Å². The van der Waals surface area contributed by atoms with E-state index >= 15 is 4.39 Å². The van der Waals surface area contributed by atoms with Gasteiger partial charge in [0.25, 0.3) is 6.43 Å². The molecule has 0 radical (unpaired) electrons. The predicted molar refractivity (Wildman–Crippen MR) is 182 cm³/mol. The van der Waals surface area contributed by atoms with Crippen molar-refractivity contribution in [3.8, 4) is 29.6 Å². The van der Waals surface area contributed by atoms with Crippen LogP contribution in [0.1, 0.15) is 69.9 Å². The molecule has 6 heterocycles. The molecule has 250 valence electrons. The zero-order chi connectivity index (χ0) is 33.2. The minimum Gasteiger partial charge on any atom is -0.461 e. The Morgan fingerprint density at radius 1 is 1.04 bits per heavy atom. The number of nitrogens with one attached hydrogen (secondary N) is 1. The zero-order valence-corrected chi connectivity index (χ0v) is 27.5. The standard InChI is InChI=1S/C38H41F3N6O/c1-4-22-14-38(15-23(5-2)18-47(38)17-22)21-48-37-44-34-30(36(45-37)46-19-27-10-11-28(20-46)43-27)16-42-33(32(34)39)29-13-26(35(40)41)12-25-9-7-8-24(6-3)31(25)29/h3,7-9,12-13,16,22-23,27-28,35,43H,4-5,10-11,14-15,17-21H2,1-2H3/t22?,23?,27-,28+,38?. The minimum absolute atomic E-state index is 0.0599. The Morgan fingerprint density at radius 2 is 1.77 bits per heavy atom. The summed E-state index contributed by atoms with van der Waals surface area (Å²) in [5, 5.41) is 5.12. The van der Waals surface area contributed by atoms with E-state index in [9.17, 15) is 8.78 Å². The predicted octanol–water partition coefficient (Wildman–Crippen LogP) is 7.12. The number of anilines is 1. The third-order valence-electron chi connectivity index (χ3n) is 11.4. The molecule has 2 bridgehead atoms. The first kappa shape index (κ1) is 31.3. The summed E-state index contributed by atoms with van der Waals surface area (Å²) >= 11 is 0. The highest BCUT2D eigenvalue weighted by Crippen LogP contribution is 2.46. The fourth-order valence-corrected chi connectivity index (χ4v) is 8.95. The number of piperazine rings is 1. The molecular weight excluding hydrogens is 613 g/mol. The van der Waals surface area contributed by atoms with Crippen molar-refractivity contribution in [3.63, 3.8) is 0 Å². The van der Waals surface area contributed by atoms with Gasteiger partial charge in [0.05, 0.1) is 10.9 Å². The van der Waals surface area contributed by atoms with Crippen LogP contribution < -0.4 is 15.0 Å². The number of benzene rings is 2. The first-order valence-electron chi connectivity index (χ1n) is 17.4. The fourth-order valence-electron chi connectivity index (χ4n) is 8.95. The number of alkyl halides is 2. The summed E-state index contributed by atoms with van der Waals surface area (Å²) in [6, 6.07) is 8.60. The quantitative estimate of drug-likeness (QED) is 0.203. The van der Waals surface area contributed by atoms with E-state index in [1.165, 1.54) is 12.1 Å². The van der Waals surface area contributed by atoms with E-state index in [1.807, 2.05) is 0 Å². The van der Waals surface area contributed by atoms with Gasteiger partial charge in [-0.25, -0.2) is 13.2 Å². The van der Waals surface area contributed by atoms with Crippen molar-refractivity contribution >= 4 is 27.5 Å². The van der Waals surface area contributed by atoms with Crippen molar-refractivity contribution < 1.29 is 17.9 Å². The molecule has 10 heteroatoms. The summed E-state index contributed by atoms with van der Waals surface area (Å²) in [7, 11) is 0. The highest BCUT2D eigenvalue weighted by molar-refractivity contribution is 6.02. The lowest BCUT2D eigenvalue weighted by Gasteiger charge is -2.34. The van der Waals surface area contributed by atoms with E-state index in [4.69, 9.17) is 21.1 Å². The Balaban J connectivity index is 1.26. The Kier molecular flexibility index (Phi) is 7.96. The number of aromatic nitrogens is 3. The largest absolute Gasteiger partial charge is 0.461 e. The number of ether oxygens (including phenoxy) is 1. The normalized spacial score (nSPS) is 26.9. The van der Waals surface area contributed by atoms with Crippen molar-refractivity contribution in [1.82, 2.24) is 25.2 Å². The number of nitrogens with zero attached hydrogens (tertiary/aromatic N) is 5. The van der Waals surface area contributed by atoms with E-state index in [2.05, 4.69) is 39.9 Å². The molecule has 0 spiro atoms. The molecule has 4 aromatic rings. The van der Waals surface area contributed by atoms with Crippen LogP contribution in [0.4, 0.5) is 19.0 Å². The second-order valence-corrected chi connectivity index (χ2v) is 14.3. The molecule has 7 nitrogen and oxygen atoms in total. The molecule has 4 aliphatic heterocycles. The van der Waals surface area contributed by atoms with Crippen molar-refractivity contribution in [2.45, 2.75) is 76.4 Å². The molecule has 2 aromatic heterocycles. The van der Waals surface area contributed by atoms with Crippen LogP contribution in [0.25, 0.3) is 32.9 Å². The second-order valence-electron chi connectivity index (χ2n) is 14.3. The molecule has 8 rings (SSSR count). The Hall–Kier alpha value is -3.94. The van der Waals surface area contributed by atoms with Crippen LogP contribution in [0.3, 0.4) is 0 Å². The maximum absolute atomic E-state index is 17.0. The summed E-state index contributed by atoms with van der Waals surface area (Å²) in [6.07, 6.45) is 11.2. The monoisotopic (exact) mass is 654 g/mol. The maximum Gasteiger partial charge on any atom is 0.319 e. The van der Waals surface area contributed by atoms with Gasteiger partial charge in [-0.3, -0.25) is 9.88 Å². The van der Waals surface area contributed by atoms with Crippen LogP contribution >= 0.6 is 0 Å². The smallest absolute Gasteiger partial charge is 0.319 e. The van der Waals surface area contributed by atoms with Gasteiger partial charge in [-0.15, -0.1) is 6.42 Å². The molecule has 0 amide bonds. The van der Waals surface area contributed by atoms with Crippen LogP contribution in [0, 0.1) is 30.0 Å². The van der Waals surface area contributed by atoms with Gasteiger partial charge in [-0.2, -0.15) is 9.97 Å². The van der Waals surface area contributed by atoms with Crippen molar-refractivity contribution in [2.24, 2.45) is 11.8 Å². The molecule has 4 aliphatic rings. The summed E-state index contributed by atoms with van der Waals surface area (Å²) < 4.78 is 51.7. The van der Waals surface area contributed by atoms with Crippen molar-refractivity contribution in [3.05, 3.63) is 53.5 Å². The van der Waals surface area contributed by atoms with Crippen LogP contribution in [-0.4, -0.2) is 70.3 Å². The van der Waals surface area contributed by atoms with Crippen LogP contribution in [0.2, 0.25) is 0 Å². The number of halogens is 3. The lowest BCUT2D eigenvalue weighted by Crippen LogP contribution is -2.51. The number of hydrogen-bond acceptors (Lipinski definition) is 7. The molecule has 0 aliphatic carbocycles. The highest BCUT2D eigenvalue weighted by atomic mass is 19.3. The molecule has 0 saturated carbocycles. The molecule has 1 N–H and O–H groups in total. The number of rotatable bonds is 8. The topological polar surface area (TPSA) is 66.4 Å². The summed E-state index contributed by atoms with van der Waals surface area (Å²) in [6.45, 7) is 8.53. The molecule has 48 heavy (non-hydrogen) atoms. The number of fused-ring (bicyclic) bond motifs is 5. The second kappa shape index (κ2) is 12.2. The third kappa shape index (κ3) is 5.26. The Bertz CT molecular complexity index is 1900. The van der Waals surface area contributed by atoms with E-state index in [0.29, 0.717) is 58.1 Å². The van der Waals surface area contributed by atoms with E-state index < -0.39 is 12.2 Å². The van der Waals surface area contributed by atoms with Gasteiger partial charge in [-0.05, 0) is 61.1 Å². The van der Waals surface area contributed by atoms with Gasteiger partial charge in [-0.1, -0.05) is 44.7 Å². The van der Waals surface area contributed by atoms with Crippen LogP contribution in [-0.2, 0) is 0 Å². The van der Waals surface area contributed by atoms with Gasteiger partial charge in [0.2, 0.25) is 0 Å². The summed E-state index contributed by atoms with van der Waals surface area (Å²) in [5.74, 6) is 3.75. The van der Waals surface area contributed by atoms with E-state index in [0.717, 1.165) is 64.7 Å². The number of hydrogen-bond donors (Lipinski definition) is 1. The average Bonchev–Trinajstić information content (AvgIpc) is 3.75. The van der Waals surface area contributed by atoms with Crippen LogP contribution in [0.5, 0.6) is 6.01 Å². The fraction of sp³-hybridized carbons (Fsp3) is 0.500. The molecule has 4 saturated heterocycles. The summed E-state index contributed by atoms with van der Waals surface area (Å²) in [5.41, 5.74) is 0.342. The Morgan fingerprint density at radius 3 is 2.44 bits per heavy atom. The lowest BCUT2D eigenvalue weighted by molar-refractivity contribution is 0.107.